The molecule has 0 fully saturated rings. The molecule has 0 aromatic heterocycles. The number of halogens is 1. The van der Waals surface area contributed by atoms with E-state index in [0.717, 1.165) is 0 Å². The Bertz CT molecular complexity index is 336. The van der Waals surface area contributed by atoms with Crippen molar-refractivity contribution in [3.05, 3.63) is 33.8 Å². The summed E-state index contributed by atoms with van der Waals surface area (Å²) in [6.45, 7) is 4.45. The molecular formula is C15H24BrN. The van der Waals surface area contributed by atoms with E-state index in [1.807, 2.05) is 0 Å². The van der Waals surface area contributed by atoms with Crippen LogP contribution in [0.2, 0.25) is 0 Å². The molecule has 1 nitrogen and oxygen atoms in total. The number of hydrogen-bond acceptors (Lipinski definition) is 1. The molecule has 0 radical (unpaired) electrons. The number of aryl methyl sites for hydroxylation is 1. The van der Waals surface area contributed by atoms with Crippen molar-refractivity contribution in [3.63, 3.8) is 0 Å². The quantitative estimate of drug-likeness (QED) is 0.699. The van der Waals surface area contributed by atoms with Gasteiger partial charge in [-0.1, -0.05) is 54.6 Å². The van der Waals surface area contributed by atoms with E-state index in [4.69, 9.17) is 0 Å². The van der Waals surface area contributed by atoms with Crippen molar-refractivity contribution in [2.45, 2.75) is 52.0 Å². The van der Waals surface area contributed by atoms with Crippen LogP contribution in [0, 0.1) is 6.92 Å². The fraction of sp³-hybridized carbons (Fsp3) is 0.600. The zero-order valence-electron chi connectivity index (χ0n) is 11.2. The van der Waals surface area contributed by atoms with Gasteiger partial charge < -0.3 is 5.32 Å². The lowest BCUT2D eigenvalue weighted by Crippen LogP contribution is -2.17. The Hall–Kier alpha value is -0.340. The standard InChI is InChI=1S/C15H24BrN/c1-4-5-6-7-8-15(17-3)14-11-13(16)10-9-12(14)2/h9-11,15,17H,4-8H2,1-3H3. The van der Waals surface area contributed by atoms with Gasteiger partial charge in [-0.2, -0.15) is 0 Å². The molecular weight excluding hydrogens is 274 g/mol. The molecule has 1 unspecified atom stereocenters. The first kappa shape index (κ1) is 14.7. The van der Waals surface area contributed by atoms with E-state index in [-0.39, 0.29) is 0 Å². The molecule has 0 spiro atoms. The minimum Gasteiger partial charge on any atom is -0.313 e. The number of benzene rings is 1. The molecule has 0 bridgehead atoms. The lowest BCUT2D eigenvalue weighted by atomic mass is 9.96. The summed E-state index contributed by atoms with van der Waals surface area (Å²) in [4.78, 5) is 0. The first-order valence-electron chi connectivity index (χ1n) is 6.62. The van der Waals surface area contributed by atoms with Gasteiger partial charge in [0.15, 0.2) is 0 Å². The van der Waals surface area contributed by atoms with Crippen molar-refractivity contribution >= 4 is 15.9 Å². The average Bonchev–Trinajstić information content (AvgIpc) is 2.33. The summed E-state index contributed by atoms with van der Waals surface area (Å²) in [7, 11) is 2.06. The van der Waals surface area contributed by atoms with Crippen LogP contribution in [0.1, 0.15) is 56.2 Å². The highest BCUT2D eigenvalue weighted by Gasteiger charge is 2.11. The summed E-state index contributed by atoms with van der Waals surface area (Å²) in [6, 6.07) is 7.04. The summed E-state index contributed by atoms with van der Waals surface area (Å²) < 4.78 is 1.17. The fourth-order valence-electron chi connectivity index (χ4n) is 2.22. The van der Waals surface area contributed by atoms with E-state index >= 15 is 0 Å². The molecule has 1 aromatic carbocycles. The molecule has 96 valence electrons. The van der Waals surface area contributed by atoms with Crippen molar-refractivity contribution in [3.8, 4) is 0 Å². The number of nitrogens with one attached hydrogen (secondary N) is 1. The second-order valence-electron chi connectivity index (χ2n) is 4.69. The SMILES string of the molecule is CCCCCCC(NC)c1cc(Br)ccc1C. The molecule has 0 aliphatic rings. The number of rotatable bonds is 7. The van der Waals surface area contributed by atoms with Crippen LogP contribution in [0.3, 0.4) is 0 Å². The second kappa shape index (κ2) is 7.88. The van der Waals surface area contributed by atoms with Gasteiger partial charge >= 0.3 is 0 Å². The minimum absolute atomic E-state index is 0.490. The van der Waals surface area contributed by atoms with Crippen molar-refractivity contribution in [1.29, 1.82) is 0 Å². The summed E-state index contributed by atoms with van der Waals surface area (Å²) >= 11 is 3.56. The van der Waals surface area contributed by atoms with Gasteiger partial charge in [0.2, 0.25) is 0 Å². The Kier molecular flexibility index (Phi) is 6.83. The largest absolute Gasteiger partial charge is 0.313 e. The molecule has 1 rings (SSSR count). The van der Waals surface area contributed by atoms with Crippen LogP contribution in [-0.2, 0) is 0 Å². The highest BCUT2D eigenvalue weighted by atomic mass is 79.9. The van der Waals surface area contributed by atoms with Crippen LogP contribution in [0.4, 0.5) is 0 Å². The Morgan fingerprint density at radius 3 is 2.65 bits per heavy atom. The minimum atomic E-state index is 0.490. The zero-order valence-corrected chi connectivity index (χ0v) is 12.8. The van der Waals surface area contributed by atoms with Crippen LogP contribution >= 0.6 is 15.9 Å². The van der Waals surface area contributed by atoms with Crippen molar-refractivity contribution in [1.82, 2.24) is 5.32 Å². The smallest absolute Gasteiger partial charge is 0.0320 e. The van der Waals surface area contributed by atoms with Crippen LogP contribution < -0.4 is 5.32 Å². The first-order chi connectivity index (χ1) is 8.19. The highest BCUT2D eigenvalue weighted by Crippen LogP contribution is 2.26. The molecule has 17 heavy (non-hydrogen) atoms. The number of hydrogen-bond donors (Lipinski definition) is 1. The Balaban J connectivity index is 2.62. The van der Waals surface area contributed by atoms with E-state index in [1.165, 1.54) is 47.7 Å². The molecule has 0 amide bonds. The highest BCUT2D eigenvalue weighted by molar-refractivity contribution is 9.10. The van der Waals surface area contributed by atoms with Gasteiger partial charge in [-0.05, 0) is 43.7 Å². The molecule has 0 heterocycles. The average molecular weight is 298 g/mol. The Morgan fingerprint density at radius 1 is 1.24 bits per heavy atom. The monoisotopic (exact) mass is 297 g/mol. The maximum atomic E-state index is 3.56. The molecule has 1 aromatic rings. The Labute approximate surface area is 114 Å². The van der Waals surface area contributed by atoms with Gasteiger partial charge in [0.25, 0.3) is 0 Å². The van der Waals surface area contributed by atoms with Crippen LogP contribution in [0.25, 0.3) is 0 Å². The maximum absolute atomic E-state index is 3.56. The van der Waals surface area contributed by atoms with Crippen molar-refractivity contribution < 1.29 is 0 Å². The molecule has 0 saturated heterocycles. The molecule has 1 N–H and O–H groups in total. The second-order valence-corrected chi connectivity index (χ2v) is 5.61. The van der Waals surface area contributed by atoms with E-state index in [1.54, 1.807) is 0 Å². The molecule has 0 saturated carbocycles. The maximum Gasteiger partial charge on any atom is 0.0320 e. The molecule has 0 aliphatic heterocycles. The fourth-order valence-corrected chi connectivity index (χ4v) is 2.60. The third kappa shape index (κ3) is 4.81. The normalized spacial score (nSPS) is 12.7. The summed E-state index contributed by atoms with van der Waals surface area (Å²) in [5.74, 6) is 0. The summed E-state index contributed by atoms with van der Waals surface area (Å²) in [5.41, 5.74) is 2.81. The van der Waals surface area contributed by atoms with Crippen LogP contribution in [0.5, 0.6) is 0 Å². The molecule has 0 aliphatic carbocycles. The summed E-state index contributed by atoms with van der Waals surface area (Å²) in [5, 5.41) is 3.44. The predicted molar refractivity (Wildman–Crippen MR) is 79.4 cm³/mol. The topological polar surface area (TPSA) is 12.0 Å². The first-order valence-corrected chi connectivity index (χ1v) is 7.41. The van der Waals surface area contributed by atoms with E-state index < -0.39 is 0 Å². The van der Waals surface area contributed by atoms with E-state index in [9.17, 15) is 0 Å². The van der Waals surface area contributed by atoms with Gasteiger partial charge in [0.1, 0.15) is 0 Å². The molecule has 2 heteroatoms. The Morgan fingerprint density at radius 2 is 2.00 bits per heavy atom. The van der Waals surface area contributed by atoms with Gasteiger partial charge in [0.05, 0.1) is 0 Å². The third-order valence-electron chi connectivity index (χ3n) is 3.31. The van der Waals surface area contributed by atoms with Crippen molar-refractivity contribution in [2.75, 3.05) is 7.05 Å². The van der Waals surface area contributed by atoms with Crippen LogP contribution in [0.15, 0.2) is 22.7 Å². The van der Waals surface area contributed by atoms with Gasteiger partial charge in [0, 0.05) is 10.5 Å². The van der Waals surface area contributed by atoms with Gasteiger partial charge in [-0.3, -0.25) is 0 Å². The van der Waals surface area contributed by atoms with E-state index in [2.05, 4.69) is 60.3 Å². The van der Waals surface area contributed by atoms with Gasteiger partial charge in [-0.15, -0.1) is 0 Å². The lowest BCUT2D eigenvalue weighted by Gasteiger charge is -2.19. The van der Waals surface area contributed by atoms with Gasteiger partial charge in [-0.25, -0.2) is 0 Å². The molecule has 1 atom stereocenters. The van der Waals surface area contributed by atoms with E-state index in [0.29, 0.717) is 6.04 Å². The van der Waals surface area contributed by atoms with Crippen LogP contribution in [-0.4, -0.2) is 7.05 Å². The summed E-state index contributed by atoms with van der Waals surface area (Å²) in [6.07, 6.45) is 6.55. The predicted octanol–water partition coefficient (Wildman–Crippen LogP) is 4.99. The zero-order chi connectivity index (χ0) is 12.7. The lowest BCUT2D eigenvalue weighted by molar-refractivity contribution is 0.503. The third-order valence-corrected chi connectivity index (χ3v) is 3.80. The number of unbranched alkanes of at least 4 members (excludes halogenated alkanes) is 3. The van der Waals surface area contributed by atoms with Crippen molar-refractivity contribution in [2.24, 2.45) is 0 Å².